The molecule has 0 spiro atoms. The number of carbonyl (C=O) groups is 1. The summed E-state index contributed by atoms with van der Waals surface area (Å²) in [6, 6.07) is 17.7. The third-order valence-corrected chi connectivity index (χ3v) is 4.46. The molecule has 0 aliphatic rings. The molecule has 0 aliphatic carbocycles. The van der Waals surface area contributed by atoms with Crippen LogP contribution < -0.4 is 10.1 Å². The SMILES string of the molecule is CCN=c1scc(-c2ccccc2)n1N=Cc1ccc(NC(C)=O)cc1. The summed E-state index contributed by atoms with van der Waals surface area (Å²) < 4.78 is 1.87. The topological polar surface area (TPSA) is 58.8 Å². The number of hydrogen-bond acceptors (Lipinski definition) is 4. The number of anilines is 1. The van der Waals surface area contributed by atoms with Crippen molar-refractivity contribution in [3.63, 3.8) is 0 Å². The average Bonchev–Trinajstić information content (AvgIpc) is 3.04. The van der Waals surface area contributed by atoms with Gasteiger partial charge in [-0.05, 0) is 24.6 Å². The fraction of sp³-hybridized carbons (Fsp3) is 0.150. The summed E-state index contributed by atoms with van der Waals surface area (Å²) in [5, 5.41) is 9.47. The summed E-state index contributed by atoms with van der Waals surface area (Å²) >= 11 is 1.58. The Kier molecular flexibility index (Phi) is 5.76. The van der Waals surface area contributed by atoms with Crippen LogP contribution in [0.5, 0.6) is 0 Å². The van der Waals surface area contributed by atoms with E-state index in [0.717, 1.165) is 27.3 Å². The molecule has 0 fully saturated rings. The van der Waals surface area contributed by atoms with Gasteiger partial charge < -0.3 is 5.32 Å². The van der Waals surface area contributed by atoms with Gasteiger partial charge in [-0.25, -0.2) is 4.68 Å². The highest BCUT2D eigenvalue weighted by atomic mass is 32.1. The van der Waals surface area contributed by atoms with Gasteiger partial charge in [-0.15, -0.1) is 11.3 Å². The summed E-state index contributed by atoms with van der Waals surface area (Å²) in [5.74, 6) is -0.0847. The van der Waals surface area contributed by atoms with E-state index < -0.39 is 0 Å². The minimum Gasteiger partial charge on any atom is -0.326 e. The van der Waals surface area contributed by atoms with Gasteiger partial charge in [0.15, 0.2) is 0 Å². The van der Waals surface area contributed by atoms with Crippen LogP contribution in [0, 0.1) is 0 Å². The first-order valence-corrected chi connectivity index (χ1v) is 9.24. The number of benzene rings is 2. The first-order chi connectivity index (χ1) is 12.7. The van der Waals surface area contributed by atoms with Crippen LogP contribution in [0.4, 0.5) is 5.69 Å². The number of thiazole rings is 1. The van der Waals surface area contributed by atoms with Crippen molar-refractivity contribution in [1.29, 1.82) is 0 Å². The van der Waals surface area contributed by atoms with Crippen LogP contribution in [0.1, 0.15) is 19.4 Å². The van der Waals surface area contributed by atoms with E-state index in [9.17, 15) is 4.79 Å². The van der Waals surface area contributed by atoms with Gasteiger partial charge in [-0.2, -0.15) is 5.10 Å². The first kappa shape index (κ1) is 17.8. The van der Waals surface area contributed by atoms with Crippen LogP contribution in [0.3, 0.4) is 0 Å². The molecule has 3 rings (SSSR count). The van der Waals surface area contributed by atoms with Crippen molar-refractivity contribution in [2.24, 2.45) is 10.1 Å². The maximum absolute atomic E-state index is 11.1. The molecule has 0 atom stereocenters. The molecule has 26 heavy (non-hydrogen) atoms. The minimum atomic E-state index is -0.0847. The Balaban J connectivity index is 1.93. The van der Waals surface area contributed by atoms with Gasteiger partial charge in [-0.3, -0.25) is 9.79 Å². The molecule has 1 N–H and O–H groups in total. The predicted molar refractivity (Wildman–Crippen MR) is 108 cm³/mol. The van der Waals surface area contributed by atoms with Gasteiger partial charge in [-0.1, -0.05) is 42.5 Å². The van der Waals surface area contributed by atoms with Crippen LogP contribution in [-0.4, -0.2) is 23.3 Å². The van der Waals surface area contributed by atoms with Crippen molar-refractivity contribution in [1.82, 2.24) is 4.68 Å². The van der Waals surface area contributed by atoms with Gasteiger partial charge in [0.05, 0.1) is 11.9 Å². The Hall–Kier alpha value is -2.99. The van der Waals surface area contributed by atoms with Gasteiger partial charge in [0, 0.05) is 30.1 Å². The Labute approximate surface area is 156 Å². The monoisotopic (exact) mass is 364 g/mol. The lowest BCUT2D eigenvalue weighted by molar-refractivity contribution is -0.114. The van der Waals surface area contributed by atoms with Crippen molar-refractivity contribution in [2.75, 3.05) is 11.9 Å². The molecule has 5 nitrogen and oxygen atoms in total. The van der Waals surface area contributed by atoms with E-state index in [4.69, 9.17) is 0 Å². The summed E-state index contributed by atoms with van der Waals surface area (Å²) in [6.07, 6.45) is 1.80. The van der Waals surface area contributed by atoms with Crippen molar-refractivity contribution in [3.05, 3.63) is 70.3 Å². The summed E-state index contributed by atoms with van der Waals surface area (Å²) in [4.78, 5) is 16.5. The van der Waals surface area contributed by atoms with Crippen LogP contribution in [-0.2, 0) is 4.79 Å². The third kappa shape index (κ3) is 4.34. The maximum Gasteiger partial charge on any atom is 0.221 e. The highest BCUT2D eigenvalue weighted by Crippen LogP contribution is 2.19. The van der Waals surface area contributed by atoms with Gasteiger partial charge >= 0.3 is 0 Å². The lowest BCUT2D eigenvalue weighted by Crippen LogP contribution is -2.12. The van der Waals surface area contributed by atoms with E-state index >= 15 is 0 Å². The molecule has 1 aromatic heterocycles. The number of aromatic nitrogens is 1. The molecule has 0 unspecified atom stereocenters. The standard InChI is InChI=1S/C20H20N4OS/c1-3-21-20-24(19(14-26-20)17-7-5-4-6-8-17)22-13-16-9-11-18(12-10-16)23-15(2)25/h4-14H,3H2,1-2H3,(H,23,25). The van der Waals surface area contributed by atoms with Crippen molar-refractivity contribution >= 4 is 29.1 Å². The number of nitrogens with zero attached hydrogens (tertiary/aromatic N) is 3. The molecule has 1 heterocycles. The largest absolute Gasteiger partial charge is 0.326 e. The van der Waals surface area contributed by atoms with Crippen LogP contribution in [0.25, 0.3) is 11.3 Å². The zero-order valence-corrected chi connectivity index (χ0v) is 15.5. The number of amides is 1. The molecule has 0 saturated heterocycles. The van der Waals surface area contributed by atoms with Gasteiger partial charge in [0.2, 0.25) is 10.7 Å². The summed E-state index contributed by atoms with van der Waals surface area (Å²) in [6.45, 7) is 4.21. The molecule has 0 bridgehead atoms. The highest BCUT2D eigenvalue weighted by molar-refractivity contribution is 7.07. The maximum atomic E-state index is 11.1. The Morgan fingerprint density at radius 3 is 2.54 bits per heavy atom. The molecule has 0 radical (unpaired) electrons. The second kappa shape index (κ2) is 8.40. The van der Waals surface area contributed by atoms with E-state index in [1.54, 1.807) is 17.6 Å². The van der Waals surface area contributed by atoms with E-state index in [0.29, 0.717) is 6.54 Å². The normalized spacial score (nSPS) is 11.8. The molecule has 132 valence electrons. The second-order valence-corrected chi connectivity index (χ2v) is 6.44. The van der Waals surface area contributed by atoms with E-state index in [-0.39, 0.29) is 5.91 Å². The Morgan fingerprint density at radius 2 is 1.88 bits per heavy atom. The van der Waals surface area contributed by atoms with Crippen molar-refractivity contribution < 1.29 is 4.79 Å². The summed E-state index contributed by atoms with van der Waals surface area (Å²) in [7, 11) is 0. The van der Waals surface area contributed by atoms with E-state index in [1.807, 2.05) is 54.1 Å². The van der Waals surface area contributed by atoms with Crippen molar-refractivity contribution in [2.45, 2.75) is 13.8 Å². The Morgan fingerprint density at radius 1 is 1.15 bits per heavy atom. The molecular formula is C20H20N4OS. The number of carbonyl (C=O) groups excluding carboxylic acids is 1. The molecule has 2 aromatic carbocycles. The second-order valence-electron chi connectivity index (χ2n) is 5.60. The molecule has 1 amide bonds. The molecular weight excluding hydrogens is 344 g/mol. The zero-order valence-electron chi connectivity index (χ0n) is 14.7. The molecule has 3 aromatic rings. The molecule has 0 saturated carbocycles. The van der Waals surface area contributed by atoms with Crippen molar-refractivity contribution in [3.8, 4) is 11.3 Å². The number of rotatable bonds is 5. The highest BCUT2D eigenvalue weighted by Gasteiger charge is 2.06. The minimum absolute atomic E-state index is 0.0847. The van der Waals surface area contributed by atoms with Crippen LogP contribution in [0.2, 0.25) is 0 Å². The summed E-state index contributed by atoms with van der Waals surface area (Å²) in [5.41, 5.74) is 3.82. The predicted octanol–water partition coefficient (Wildman–Crippen LogP) is 3.98. The third-order valence-electron chi connectivity index (χ3n) is 3.60. The van der Waals surface area contributed by atoms with Gasteiger partial charge in [0.1, 0.15) is 0 Å². The van der Waals surface area contributed by atoms with Crippen LogP contribution in [0.15, 0.2) is 70.1 Å². The molecule has 0 aliphatic heterocycles. The zero-order chi connectivity index (χ0) is 18.4. The lowest BCUT2D eigenvalue weighted by Gasteiger charge is -2.04. The Bertz CT molecular complexity index is 969. The first-order valence-electron chi connectivity index (χ1n) is 8.36. The lowest BCUT2D eigenvalue weighted by atomic mass is 10.2. The van der Waals surface area contributed by atoms with Crippen LogP contribution >= 0.6 is 11.3 Å². The van der Waals surface area contributed by atoms with E-state index in [2.05, 4.69) is 32.9 Å². The number of hydrogen-bond donors (Lipinski definition) is 1. The molecule has 6 heteroatoms. The van der Waals surface area contributed by atoms with E-state index in [1.165, 1.54) is 6.92 Å². The fourth-order valence-electron chi connectivity index (χ4n) is 2.44. The van der Waals surface area contributed by atoms with Gasteiger partial charge in [0.25, 0.3) is 0 Å². The average molecular weight is 364 g/mol. The number of nitrogens with one attached hydrogen (secondary N) is 1. The smallest absolute Gasteiger partial charge is 0.221 e. The quantitative estimate of drug-likeness (QED) is 0.684. The fourth-order valence-corrected chi connectivity index (χ4v) is 3.34.